The minimum atomic E-state index is 0.243. The normalized spacial score (nSPS) is 11.1. The molecular weight excluding hydrogens is 300 g/mol. The van der Waals surface area contributed by atoms with Gasteiger partial charge in [0.25, 0.3) is 5.89 Å². The van der Waals surface area contributed by atoms with Gasteiger partial charge in [0, 0.05) is 36.6 Å². The van der Waals surface area contributed by atoms with Crippen LogP contribution >= 0.6 is 11.8 Å². The summed E-state index contributed by atoms with van der Waals surface area (Å²) in [6.07, 6.45) is 2.57. The average Bonchev–Trinajstić information content (AvgIpc) is 3.01. The van der Waals surface area contributed by atoms with E-state index in [1.807, 2.05) is 37.7 Å². The van der Waals surface area contributed by atoms with Gasteiger partial charge < -0.3 is 14.9 Å². The van der Waals surface area contributed by atoms with Crippen LogP contribution in [0.3, 0.4) is 0 Å². The van der Waals surface area contributed by atoms with E-state index in [1.54, 1.807) is 6.20 Å². The van der Waals surface area contributed by atoms with E-state index in [0.717, 1.165) is 35.9 Å². The molecule has 2 rings (SSSR count). The van der Waals surface area contributed by atoms with Crippen LogP contribution in [0.5, 0.6) is 0 Å². The second-order valence-corrected chi connectivity index (χ2v) is 6.38. The smallest absolute Gasteiger partial charge is 0.258 e. The van der Waals surface area contributed by atoms with Crippen LogP contribution in [0.25, 0.3) is 11.5 Å². The third-order valence-electron chi connectivity index (χ3n) is 2.96. The average molecular weight is 322 g/mol. The molecule has 6 nitrogen and oxygen atoms in total. The SMILES string of the molecule is CC(C)c1noc(-c2ccnc(NCCSCCCO)c2)n1. The van der Waals surface area contributed by atoms with Crippen molar-refractivity contribution in [1.29, 1.82) is 0 Å². The highest BCUT2D eigenvalue weighted by Crippen LogP contribution is 2.21. The number of anilines is 1. The minimum absolute atomic E-state index is 0.243. The number of rotatable bonds is 9. The van der Waals surface area contributed by atoms with Crippen LogP contribution in [0.2, 0.25) is 0 Å². The molecule has 0 saturated carbocycles. The number of aromatic nitrogens is 3. The summed E-state index contributed by atoms with van der Waals surface area (Å²) in [7, 11) is 0. The number of hydrogen-bond acceptors (Lipinski definition) is 7. The molecule has 2 heterocycles. The molecule has 0 bridgehead atoms. The van der Waals surface area contributed by atoms with Crippen molar-refractivity contribution in [3.63, 3.8) is 0 Å². The minimum Gasteiger partial charge on any atom is -0.396 e. The molecule has 22 heavy (non-hydrogen) atoms. The molecule has 0 aliphatic heterocycles. The number of thioether (sulfide) groups is 1. The van der Waals surface area contributed by atoms with Crippen LogP contribution < -0.4 is 5.32 Å². The van der Waals surface area contributed by atoms with Crippen molar-refractivity contribution in [1.82, 2.24) is 15.1 Å². The van der Waals surface area contributed by atoms with Crippen molar-refractivity contribution in [2.45, 2.75) is 26.2 Å². The van der Waals surface area contributed by atoms with Gasteiger partial charge in [-0.25, -0.2) is 4.98 Å². The molecule has 2 aromatic rings. The maximum atomic E-state index is 8.72. The zero-order chi connectivity index (χ0) is 15.8. The quantitative estimate of drug-likeness (QED) is 0.687. The topological polar surface area (TPSA) is 84.1 Å². The van der Waals surface area contributed by atoms with Crippen molar-refractivity contribution < 1.29 is 9.63 Å². The summed E-state index contributed by atoms with van der Waals surface area (Å²) in [5, 5.41) is 16.0. The van der Waals surface area contributed by atoms with Crippen LogP contribution in [0.1, 0.15) is 32.0 Å². The maximum absolute atomic E-state index is 8.72. The number of nitrogens with one attached hydrogen (secondary N) is 1. The van der Waals surface area contributed by atoms with Crippen molar-refractivity contribution >= 4 is 17.6 Å². The molecule has 0 amide bonds. The standard InChI is InChI=1S/C15H22N4O2S/c1-11(2)14-18-15(21-19-14)12-4-5-16-13(10-12)17-6-9-22-8-3-7-20/h4-5,10-11,20H,3,6-9H2,1-2H3,(H,16,17). The molecule has 0 aliphatic rings. The first-order chi connectivity index (χ1) is 10.7. The lowest BCUT2D eigenvalue weighted by atomic mass is 10.2. The van der Waals surface area contributed by atoms with Crippen LogP contribution in [0.15, 0.2) is 22.9 Å². The van der Waals surface area contributed by atoms with Crippen molar-refractivity contribution in [2.24, 2.45) is 0 Å². The predicted octanol–water partition coefficient (Wildman–Crippen LogP) is 2.78. The predicted molar refractivity (Wildman–Crippen MR) is 89.1 cm³/mol. The van der Waals surface area contributed by atoms with Gasteiger partial charge in [0.15, 0.2) is 5.82 Å². The fraction of sp³-hybridized carbons (Fsp3) is 0.533. The Labute approximate surface area is 134 Å². The Hall–Kier alpha value is -1.60. The zero-order valence-electron chi connectivity index (χ0n) is 13.0. The highest BCUT2D eigenvalue weighted by atomic mass is 32.2. The molecule has 0 aromatic carbocycles. The second-order valence-electron chi connectivity index (χ2n) is 5.16. The Balaban J connectivity index is 1.89. The summed E-state index contributed by atoms with van der Waals surface area (Å²) >= 11 is 1.81. The molecule has 2 aromatic heterocycles. The largest absolute Gasteiger partial charge is 0.396 e. The first-order valence-corrected chi connectivity index (χ1v) is 8.58. The number of hydrogen-bond donors (Lipinski definition) is 2. The first kappa shape index (κ1) is 16.8. The molecule has 2 N–H and O–H groups in total. The van der Waals surface area contributed by atoms with Crippen molar-refractivity contribution in [3.05, 3.63) is 24.2 Å². The van der Waals surface area contributed by atoms with Crippen molar-refractivity contribution in [3.8, 4) is 11.5 Å². The van der Waals surface area contributed by atoms with Gasteiger partial charge >= 0.3 is 0 Å². The summed E-state index contributed by atoms with van der Waals surface area (Å²) < 4.78 is 5.29. The lowest BCUT2D eigenvalue weighted by Gasteiger charge is -2.05. The van der Waals surface area contributed by atoms with Gasteiger partial charge in [-0.1, -0.05) is 19.0 Å². The second kappa shape index (κ2) is 8.75. The molecule has 0 atom stereocenters. The van der Waals surface area contributed by atoms with Gasteiger partial charge in [0.05, 0.1) is 0 Å². The monoisotopic (exact) mass is 322 g/mol. The van der Waals surface area contributed by atoms with Crippen LogP contribution in [0, 0.1) is 0 Å². The molecule has 7 heteroatoms. The van der Waals surface area contributed by atoms with Gasteiger partial charge in [-0.15, -0.1) is 0 Å². The van der Waals surface area contributed by atoms with E-state index in [0.29, 0.717) is 11.7 Å². The maximum Gasteiger partial charge on any atom is 0.258 e. The summed E-state index contributed by atoms with van der Waals surface area (Å²) in [6.45, 7) is 5.14. The third kappa shape index (κ3) is 4.99. The summed E-state index contributed by atoms with van der Waals surface area (Å²) in [5.74, 6) is 4.22. The molecule has 120 valence electrons. The Morgan fingerprint density at radius 1 is 1.36 bits per heavy atom. The fourth-order valence-electron chi connectivity index (χ4n) is 1.77. The molecule has 0 fully saturated rings. The first-order valence-electron chi connectivity index (χ1n) is 7.43. The summed E-state index contributed by atoms with van der Waals surface area (Å²) in [5.41, 5.74) is 0.866. The number of nitrogens with zero attached hydrogens (tertiary/aromatic N) is 3. The molecule has 0 aliphatic carbocycles. The van der Waals surface area contributed by atoms with E-state index in [1.165, 1.54) is 0 Å². The van der Waals surface area contributed by atoms with Crippen molar-refractivity contribution in [2.75, 3.05) is 30.0 Å². The Bertz CT molecular complexity index is 574. The van der Waals surface area contributed by atoms with Gasteiger partial charge in [0.2, 0.25) is 0 Å². The lowest BCUT2D eigenvalue weighted by molar-refractivity contribution is 0.296. The Kier molecular flexibility index (Phi) is 6.67. The number of aliphatic hydroxyl groups excluding tert-OH is 1. The Morgan fingerprint density at radius 3 is 2.95 bits per heavy atom. The van der Waals surface area contributed by atoms with E-state index in [2.05, 4.69) is 20.4 Å². The lowest BCUT2D eigenvalue weighted by Crippen LogP contribution is -2.06. The van der Waals surface area contributed by atoms with Crippen LogP contribution in [-0.2, 0) is 0 Å². The van der Waals surface area contributed by atoms with Crippen LogP contribution in [0.4, 0.5) is 5.82 Å². The molecule has 0 radical (unpaired) electrons. The van der Waals surface area contributed by atoms with E-state index in [4.69, 9.17) is 9.63 Å². The van der Waals surface area contributed by atoms with E-state index < -0.39 is 0 Å². The molecule has 0 spiro atoms. The van der Waals surface area contributed by atoms with E-state index in [-0.39, 0.29) is 12.5 Å². The van der Waals surface area contributed by atoms with Gasteiger partial charge in [-0.2, -0.15) is 16.7 Å². The van der Waals surface area contributed by atoms with Gasteiger partial charge in [-0.05, 0) is 24.3 Å². The number of pyridine rings is 1. The highest BCUT2D eigenvalue weighted by Gasteiger charge is 2.11. The van der Waals surface area contributed by atoms with Gasteiger partial charge in [-0.3, -0.25) is 0 Å². The summed E-state index contributed by atoms with van der Waals surface area (Å²) in [4.78, 5) is 8.68. The fourth-order valence-corrected chi connectivity index (χ4v) is 2.55. The molecular formula is C15H22N4O2S. The number of aliphatic hydroxyl groups is 1. The third-order valence-corrected chi connectivity index (χ3v) is 4.03. The highest BCUT2D eigenvalue weighted by molar-refractivity contribution is 7.99. The van der Waals surface area contributed by atoms with E-state index >= 15 is 0 Å². The summed E-state index contributed by atoms with van der Waals surface area (Å²) in [6, 6.07) is 3.77. The van der Waals surface area contributed by atoms with Gasteiger partial charge in [0.1, 0.15) is 5.82 Å². The molecule has 0 unspecified atom stereocenters. The van der Waals surface area contributed by atoms with Crippen LogP contribution in [-0.4, -0.2) is 44.9 Å². The van der Waals surface area contributed by atoms with E-state index in [9.17, 15) is 0 Å². The Morgan fingerprint density at radius 2 is 2.23 bits per heavy atom. The zero-order valence-corrected chi connectivity index (χ0v) is 13.8. The molecule has 0 saturated heterocycles.